The first-order chi connectivity index (χ1) is 12.0. The molecule has 0 amide bonds. The van der Waals surface area contributed by atoms with Crippen molar-refractivity contribution in [3.63, 3.8) is 0 Å². The Morgan fingerprint density at radius 3 is 1.96 bits per heavy atom. The van der Waals surface area contributed by atoms with Gasteiger partial charge in [-0.1, -0.05) is 102 Å². The maximum atomic E-state index is 12.0. The molecule has 0 radical (unpaired) electrons. The first-order valence-electron chi connectivity index (χ1n) is 9.55. The molecule has 0 aliphatic heterocycles. The summed E-state index contributed by atoms with van der Waals surface area (Å²) < 4.78 is 24.0. The minimum atomic E-state index is -3.31. The first-order valence-corrected chi connectivity index (χ1v) is 11.2. The lowest BCUT2D eigenvalue weighted by Crippen LogP contribution is -2.37. The van der Waals surface area contributed by atoms with Gasteiger partial charge in [-0.15, -0.1) is 4.83 Å². The molecule has 0 saturated carbocycles. The van der Waals surface area contributed by atoms with Gasteiger partial charge in [-0.2, -0.15) is 0 Å². The molecule has 142 valence electrons. The molecule has 0 aromatic heterocycles. The molecule has 5 heteroatoms. The van der Waals surface area contributed by atoms with Crippen molar-refractivity contribution < 1.29 is 8.42 Å². The summed E-state index contributed by atoms with van der Waals surface area (Å²) in [5.74, 6) is 0.151. The average Bonchev–Trinajstić information content (AvgIpc) is 2.62. The van der Waals surface area contributed by atoms with Crippen LogP contribution in [0.4, 0.5) is 0 Å². The summed E-state index contributed by atoms with van der Waals surface area (Å²) in [6, 6.07) is 9.45. The Morgan fingerprint density at radius 1 is 0.880 bits per heavy atom. The Labute approximate surface area is 154 Å². The van der Waals surface area contributed by atoms with Crippen LogP contribution in [0.5, 0.6) is 0 Å². The molecule has 0 spiro atoms. The van der Waals surface area contributed by atoms with E-state index in [4.69, 9.17) is 0 Å². The van der Waals surface area contributed by atoms with E-state index in [1.165, 1.54) is 44.9 Å². The van der Waals surface area contributed by atoms with Gasteiger partial charge in [0.2, 0.25) is 10.0 Å². The van der Waals surface area contributed by atoms with Gasteiger partial charge >= 0.3 is 0 Å². The molecule has 0 unspecified atom stereocenters. The molecular formula is C20H34N2O2S. The number of hydrogen-bond donors (Lipinski definition) is 2. The summed E-state index contributed by atoms with van der Waals surface area (Å²) >= 11 is 0. The van der Waals surface area contributed by atoms with E-state index in [9.17, 15) is 8.42 Å². The topological polar surface area (TPSA) is 58.2 Å². The molecule has 0 fully saturated rings. The fraction of sp³-hybridized carbons (Fsp3) is 0.600. The summed E-state index contributed by atoms with van der Waals surface area (Å²) in [4.78, 5) is 2.41. The zero-order valence-electron chi connectivity index (χ0n) is 15.6. The summed E-state index contributed by atoms with van der Waals surface area (Å²) in [5.41, 5.74) is 4.11. The lowest BCUT2D eigenvalue weighted by molar-refractivity contribution is 0.553. The maximum absolute atomic E-state index is 12.0. The van der Waals surface area contributed by atoms with Crippen LogP contribution in [-0.4, -0.2) is 14.2 Å². The van der Waals surface area contributed by atoms with E-state index in [1.807, 2.05) is 30.3 Å². The number of hydrazine groups is 1. The van der Waals surface area contributed by atoms with E-state index in [1.54, 1.807) is 0 Å². The minimum absolute atomic E-state index is 0.151. The van der Waals surface area contributed by atoms with Crippen LogP contribution in [0.25, 0.3) is 5.70 Å². The van der Waals surface area contributed by atoms with Gasteiger partial charge in [-0.05, 0) is 12.0 Å². The zero-order chi connectivity index (χ0) is 18.4. The third-order valence-corrected chi connectivity index (χ3v) is 5.49. The SMILES string of the molecule is C=C(NNS(=O)(=O)CCCCCCCCCCCC)c1ccccc1. The summed E-state index contributed by atoms with van der Waals surface area (Å²) in [7, 11) is -3.31. The van der Waals surface area contributed by atoms with Crippen LogP contribution >= 0.6 is 0 Å². The van der Waals surface area contributed by atoms with Crippen LogP contribution in [0.15, 0.2) is 36.9 Å². The summed E-state index contributed by atoms with van der Waals surface area (Å²) in [6.45, 7) is 6.08. The fourth-order valence-electron chi connectivity index (χ4n) is 2.68. The van der Waals surface area contributed by atoms with Crippen LogP contribution in [0.3, 0.4) is 0 Å². The molecule has 0 atom stereocenters. The van der Waals surface area contributed by atoms with Gasteiger partial charge in [0.25, 0.3) is 0 Å². The molecule has 1 aromatic rings. The normalized spacial score (nSPS) is 11.4. The van der Waals surface area contributed by atoms with E-state index in [-0.39, 0.29) is 5.75 Å². The number of hydrogen-bond acceptors (Lipinski definition) is 3. The molecule has 0 aliphatic rings. The molecule has 1 rings (SSSR count). The first kappa shape index (κ1) is 21.7. The van der Waals surface area contributed by atoms with Gasteiger partial charge in [0.1, 0.15) is 0 Å². The highest BCUT2D eigenvalue weighted by atomic mass is 32.2. The van der Waals surface area contributed by atoms with E-state index in [0.29, 0.717) is 12.1 Å². The Bertz CT molecular complexity index is 571. The lowest BCUT2D eigenvalue weighted by Gasteiger charge is -2.11. The molecule has 0 heterocycles. The molecule has 25 heavy (non-hydrogen) atoms. The van der Waals surface area contributed by atoms with Crippen molar-refractivity contribution in [3.05, 3.63) is 42.5 Å². The molecular weight excluding hydrogens is 332 g/mol. The van der Waals surface area contributed by atoms with Crippen molar-refractivity contribution in [1.29, 1.82) is 0 Å². The van der Waals surface area contributed by atoms with E-state index in [0.717, 1.165) is 18.4 Å². The highest BCUT2D eigenvalue weighted by molar-refractivity contribution is 7.89. The standard InChI is InChI=1S/C20H34N2O2S/c1-3-4-5-6-7-8-9-10-11-15-18-25(23,24)22-21-19(2)20-16-13-12-14-17-20/h12-14,16-17,21-22H,2-11,15,18H2,1H3. The second-order valence-corrected chi connectivity index (χ2v) is 8.41. The van der Waals surface area contributed by atoms with Gasteiger partial charge in [-0.25, -0.2) is 8.42 Å². The minimum Gasteiger partial charge on any atom is -0.308 e. The average molecular weight is 367 g/mol. The van der Waals surface area contributed by atoms with Crippen LogP contribution in [0.2, 0.25) is 0 Å². The second kappa shape index (κ2) is 13.0. The Balaban J connectivity index is 2.06. The molecule has 1 aromatic carbocycles. The van der Waals surface area contributed by atoms with Crippen LogP contribution in [0, 0.1) is 0 Å². The molecule has 0 saturated heterocycles. The van der Waals surface area contributed by atoms with Gasteiger partial charge in [0.05, 0.1) is 5.75 Å². The number of unbranched alkanes of at least 4 members (excludes halogenated alkanes) is 9. The van der Waals surface area contributed by atoms with E-state index < -0.39 is 10.0 Å². The molecule has 0 bridgehead atoms. The maximum Gasteiger partial charge on any atom is 0.228 e. The van der Waals surface area contributed by atoms with Crippen molar-refractivity contribution in [1.82, 2.24) is 10.3 Å². The summed E-state index contributed by atoms with van der Waals surface area (Å²) in [6.07, 6.45) is 11.9. The smallest absolute Gasteiger partial charge is 0.228 e. The van der Waals surface area contributed by atoms with Gasteiger partial charge in [0, 0.05) is 5.70 Å². The Hall–Kier alpha value is -1.33. The number of rotatable bonds is 15. The van der Waals surface area contributed by atoms with Gasteiger partial charge in [0.15, 0.2) is 0 Å². The summed E-state index contributed by atoms with van der Waals surface area (Å²) in [5, 5.41) is 0. The van der Waals surface area contributed by atoms with E-state index >= 15 is 0 Å². The molecule has 0 aliphatic carbocycles. The van der Waals surface area contributed by atoms with Gasteiger partial charge in [-0.3, -0.25) is 0 Å². The predicted octanol–water partition coefficient (Wildman–Crippen LogP) is 5.00. The molecule has 4 nitrogen and oxygen atoms in total. The molecule has 2 N–H and O–H groups in total. The Kier molecular flexibility index (Phi) is 11.2. The lowest BCUT2D eigenvalue weighted by atomic mass is 10.1. The quantitative estimate of drug-likeness (QED) is 0.339. The van der Waals surface area contributed by atoms with Gasteiger partial charge < -0.3 is 5.43 Å². The third kappa shape index (κ3) is 11.0. The number of benzene rings is 1. The monoisotopic (exact) mass is 366 g/mol. The highest BCUT2D eigenvalue weighted by Crippen LogP contribution is 2.11. The largest absolute Gasteiger partial charge is 0.308 e. The van der Waals surface area contributed by atoms with Crippen molar-refractivity contribution >= 4 is 15.7 Å². The van der Waals surface area contributed by atoms with Crippen LogP contribution in [0.1, 0.15) is 76.7 Å². The second-order valence-electron chi connectivity index (χ2n) is 6.57. The van der Waals surface area contributed by atoms with Crippen LogP contribution < -0.4 is 10.3 Å². The van der Waals surface area contributed by atoms with E-state index in [2.05, 4.69) is 23.8 Å². The Morgan fingerprint density at radius 2 is 1.40 bits per heavy atom. The number of sulfonamides is 1. The van der Waals surface area contributed by atoms with Crippen molar-refractivity contribution in [2.24, 2.45) is 0 Å². The fourth-order valence-corrected chi connectivity index (χ4v) is 3.65. The third-order valence-electron chi connectivity index (χ3n) is 4.25. The van der Waals surface area contributed by atoms with Crippen molar-refractivity contribution in [2.45, 2.75) is 71.1 Å². The predicted molar refractivity (Wildman–Crippen MR) is 107 cm³/mol. The highest BCUT2D eigenvalue weighted by Gasteiger charge is 2.09. The zero-order valence-corrected chi connectivity index (χ0v) is 16.4. The van der Waals surface area contributed by atoms with Crippen LogP contribution in [-0.2, 0) is 10.0 Å². The number of nitrogens with one attached hydrogen (secondary N) is 2. The van der Waals surface area contributed by atoms with Crippen molar-refractivity contribution in [2.75, 3.05) is 5.75 Å². The van der Waals surface area contributed by atoms with Crippen molar-refractivity contribution in [3.8, 4) is 0 Å².